The van der Waals surface area contributed by atoms with Crippen LogP contribution in [0.1, 0.15) is 43.2 Å². The number of rotatable bonds is 6. The number of carbonyl (C=O) groups is 1. The summed E-state index contributed by atoms with van der Waals surface area (Å²) in [6.45, 7) is 1.64. The molecule has 1 aliphatic carbocycles. The van der Waals surface area contributed by atoms with Crippen LogP contribution < -0.4 is 9.04 Å². The van der Waals surface area contributed by atoms with Crippen LogP contribution in [0.25, 0.3) is 11.1 Å². The van der Waals surface area contributed by atoms with Crippen LogP contribution >= 0.6 is 11.6 Å². The Kier molecular flexibility index (Phi) is 6.47. The Hall–Kier alpha value is -3.03. The number of aliphatic carboxylic acids is 1. The first-order valence-corrected chi connectivity index (χ1v) is 13.9. The zero-order valence-corrected chi connectivity index (χ0v) is 21.6. The smallest absolute Gasteiger partial charge is 0.341 e. The Morgan fingerprint density at radius 3 is 2.50 bits per heavy atom. The molecule has 0 radical (unpaired) electrons. The molecule has 188 valence electrons. The van der Waals surface area contributed by atoms with E-state index in [0.29, 0.717) is 22.9 Å². The first-order valence-electron chi connectivity index (χ1n) is 12.1. The Bertz CT molecular complexity index is 1430. The Morgan fingerprint density at radius 1 is 1.06 bits per heavy atom. The van der Waals surface area contributed by atoms with E-state index < -0.39 is 22.6 Å². The summed E-state index contributed by atoms with van der Waals surface area (Å²) in [5, 5.41) is 9.54. The topological polar surface area (TPSA) is 83.9 Å². The highest BCUT2D eigenvalue weighted by Crippen LogP contribution is 2.52. The first-order chi connectivity index (χ1) is 17.2. The van der Waals surface area contributed by atoms with E-state index in [9.17, 15) is 13.2 Å². The van der Waals surface area contributed by atoms with Crippen LogP contribution in [0.2, 0.25) is 5.02 Å². The molecule has 6 nitrogen and oxygen atoms in total. The van der Waals surface area contributed by atoms with Crippen LogP contribution in [-0.2, 0) is 20.2 Å². The third-order valence-corrected chi connectivity index (χ3v) is 9.45. The minimum Gasteiger partial charge on any atom is -0.482 e. The van der Waals surface area contributed by atoms with Crippen molar-refractivity contribution in [3.63, 3.8) is 0 Å². The largest absolute Gasteiger partial charge is 0.482 e. The molecule has 1 N–H and O–H groups in total. The number of ether oxygens (including phenoxy) is 1. The lowest BCUT2D eigenvalue weighted by Crippen LogP contribution is -2.38. The molecule has 0 bridgehead atoms. The molecule has 2 aliphatic rings. The number of hydrogen-bond acceptors (Lipinski definition) is 4. The van der Waals surface area contributed by atoms with Crippen molar-refractivity contribution in [3.8, 4) is 16.9 Å². The van der Waals surface area contributed by atoms with Gasteiger partial charge in [-0.1, -0.05) is 55.1 Å². The highest BCUT2D eigenvalue weighted by Gasteiger charge is 2.47. The second-order valence-corrected chi connectivity index (χ2v) is 11.9. The van der Waals surface area contributed by atoms with E-state index in [2.05, 4.69) is 6.07 Å². The van der Waals surface area contributed by atoms with Gasteiger partial charge in [-0.3, -0.25) is 4.31 Å². The monoisotopic (exact) mass is 525 g/mol. The van der Waals surface area contributed by atoms with E-state index in [1.54, 1.807) is 17.3 Å². The molecule has 0 saturated heterocycles. The maximum atomic E-state index is 13.9. The van der Waals surface area contributed by atoms with Crippen molar-refractivity contribution in [1.29, 1.82) is 0 Å². The minimum atomic E-state index is -3.85. The van der Waals surface area contributed by atoms with Gasteiger partial charge in [-0.15, -0.1) is 0 Å². The van der Waals surface area contributed by atoms with E-state index >= 15 is 0 Å². The maximum Gasteiger partial charge on any atom is 0.341 e. The molecule has 0 atom stereocenters. The number of anilines is 1. The van der Waals surface area contributed by atoms with E-state index in [1.807, 2.05) is 36.4 Å². The maximum absolute atomic E-state index is 13.9. The first kappa shape index (κ1) is 24.7. The fourth-order valence-electron chi connectivity index (χ4n) is 5.57. The molecule has 3 aromatic rings. The standard InChI is InChI=1S/C28H28ClNO5S/c1-19-15-21(10-12-26(19)35-17-27(31)32)36(33,34)30-18-28(13-5-2-6-14-28)23-16-20(9-11-25(23)30)22-7-3-4-8-24(22)29/h3-4,7-12,15-16H,2,5-6,13-14,17-18H2,1H3,(H,31,32). The SMILES string of the molecule is Cc1cc(S(=O)(=O)N2CC3(CCCCC3)c3cc(-c4ccccc4Cl)ccc32)ccc1OCC(=O)O. The molecule has 1 saturated carbocycles. The van der Waals surface area contributed by atoms with E-state index in [-0.39, 0.29) is 10.3 Å². The molecule has 1 aliphatic heterocycles. The third kappa shape index (κ3) is 4.35. The lowest BCUT2D eigenvalue weighted by molar-refractivity contribution is -0.139. The van der Waals surface area contributed by atoms with Gasteiger partial charge in [0.15, 0.2) is 6.61 Å². The van der Waals surface area contributed by atoms with Gasteiger partial charge >= 0.3 is 5.97 Å². The summed E-state index contributed by atoms with van der Waals surface area (Å²) in [5.74, 6) is -0.736. The predicted molar refractivity (Wildman–Crippen MR) is 140 cm³/mol. The summed E-state index contributed by atoms with van der Waals surface area (Å²) in [6.07, 6.45) is 5.18. The lowest BCUT2D eigenvalue weighted by Gasteiger charge is -2.34. The van der Waals surface area contributed by atoms with Crippen molar-refractivity contribution in [2.24, 2.45) is 0 Å². The van der Waals surface area contributed by atoms with Gasteiger partial charge in [0.25, 0.3) is 10.0 Å². The summed E-state index contributed by atoms with van der Waals surface area (Å²) >= 11 is 6.49. The Balaban J connectivity index is 1.56. The van der Waals surface area contributed by atoms with Gasteiger partial charge in [-0.25, -0.2) is 13.2 Å². The fourth-order valence-corrected chi connectivity index (χ4v) is 7.47. The summed E-state index contributed by atoms with van der Waals surface area (Å²) in [4.78, 5) is 11.0. The van der Waals surface area contributed by atoms with Gasteiger partial charge in [0.05, 0.1) is 10.6 Å². The van der Waals surface area contributed by atoms with Crippen LogP contribution in [0.3, 0.4) is 0 Å². The molecule has 1 spiro atoms. The van der Waals surface area contributed by atoms with Crippen LogP contribution in [0.4, 0.5) is 5.69 Å². The van der Waals surface area contributed by atoms with E-state index in [1.165, 1.54) is 12.1 Å². The van der Waals surface area contributed by atoms with Crippen molar-refractivity contribution < 1.29 is 23.1 Å². The number of halogens is 1. The number of carboxylic acid groups (broad SMARTS) is 1. The summed E-state index contributed by atoms with van der Waals surface area (Å²) < 4.78 is 34.7. The molecule has 36 heavy (non-hydrogen) atoms. The molecule has 0 unspecified atom stereocenters. The fraction of sp³-hybridized carbons (Fsp3) is 0.321. The average molecular weight is 526 g/mol. The van der Waals surface area contributed by atoms with Crippen molar-refractivity contribution in [1.82, 2.24) is 0 Å². The van der Waals surface area contributed by atoms with Crippen molar-refractivity contribution >= 4 is 33.3 Å². The zero-order valence-electron chi connectivity index (χ0n) is 20.0. The molecule has 1 heterocycles. The zero-order chi connectivity index (χ0) is 25.5. The predicted octanol–water partition coefficient (Wildman–Crippen LogP) is 6.19. The number of aryl methyl sites for hydroxylation is 1. The van der Waals surface area contributed by atoms with Gasteiger partial charge in [-0.2, -0.15) is 0 Å². The van der Waals surface area contributed by atoms with Gasteiger partial charge in [-0.05, 0) is 72.9 Å². The molecule has 0 aromatic heterocycles. The number of hydrogen-bond donors (Lipinski definition) is 1. The van der Waals surface area contributed by atoms with Crippen molar-refractivity contribution in [2.45, 2.75) is 49.3 Å². The molecule has 1 fully saturated rings. The molecule has 5 rings (SSSR count). The van der Waals surface area contributed by atoms with Crippen LogP contribution in [0.5, 0.6) is 5.75 Å². The number of benzene rings is 3. The number of nitrogens with zero attached hydrogens (tertiary/aromatic N) is 1. The van der Waals surface area contributed by atoms with Crippen molar-refractivity contribution in [3.05, 3.63) is 76.8 Å². The van der Waals surface area contributed by atoms with Crippen molar-refractivity contribution in [2.75, 3.05) is 17.5 Å². The second kappa shape index (κ2) is 9.45. The number of carboxylic acids is 1. The van der Waals surface area contributed by atoms with Gasteiger partial charge < -0.3 is 9.84 Å². The van der Waals surface area contributed by atoms with Crippen LogP contribution in [-0.4, -0.2) is 32.6 Å². The highest BCUT2D eigenvalue weighted by molar-refractivity contribution is 7.92. The van der Waals surface area contributed by atoms with E-state index in [4.69, 9.17) is 21.4 Å². The Labute approximate surface area is 216 Å². The minimum absolute atomic E-state index is 0.164. The average Bonchev–Trinajstić information content (AvgIpc) is 3.17. The van der Waals surface area contributed by atoms with Crippen LogP contribution in [0, 0.1) is 6.92 Å². The molecule has 3 aromatic carbocycles. The third-order valence-electron chi connectivity index (χ3n) is 7.36. The molecule has 0 amide bonds. The van der Waals surface area contributed by atoms with Gasteiger partial charge in [0.1, 0.15) is 5.75 Å². The lowest BCUT2D eigenvalue weighted by atomic mass is 9.70. The van der Waals surface area contributed by atoms with Gasteiger partial charge in [0.2, 0.25) is 0 Å². The summed E-state index contributed by atoms with van der Waals surface area (Å²) in [5.41, 5.74) is 4.05. The molecular formula is C28H28ClNO5S. The number of fused-ring (bicyclic) bond motifs is 2. The number of sulfonamides is 1. The highest BCUT2D eigenvalue weighted by atomic mass is 35.5. The summed E-state index contributed by atoms with van der Waals surface area (Å²) in [6, 6.07) is 18.2. The molecular weight excluding hydrogens is 498 g/mol. The normalized spacial score (nSPS) is 16.7. The quantitative estimate of drug-likeness (QED) is 0.415. The second-order valence-electron chi connectivity index (χ2n) is 9.67. The summed E-state index contributed by atoms with van der Waals surface area (Å²) in [7, 11) is -3.85. The van der Waals surface area contributed by atoms with E-state index in [0.717, 1.165) is 54.5 Å². The molecule has 8 heteroatoms. The van der Waals surface area contributed by atoms with Gasteiger partial charge in [0, 0.05) is 22.5 Å². The van der Waals surface area contributed by atoms with Crippen LogP contribution in [0.15, 0.2) is 65.6 Å². The Morgan fingerprint density at radius 2 is 1.81 bits per heavy atom.